The van der Waals surface area contributed by atoms with E-state index in [1.807, 2.05) is 23.1 Å². The van der Waals surface area contributed by atoms with Crippen molar-refractivity contribution in [2.75, 3.05) is 31.1 Å². The molecule has 3 heterocycles. The first-order valence-electron chi connectivity index (χ1n) is 7.68. The van der Waals surface area contributed by atoms with Crippen LogP contribution in [-0.4, -0.2) is 53.0 Å². The van der Waals surface area contributed by atoms with Crippen LogP contribution >= 0.6 is 0 Å². The number of pyridine rings is 1. The Hall–Kier alpha value is -2.11. The fourth-order valence-electron chi connectivity index (χ4n) is 3.78. The lowest BCUT2D eigenvalue weighted by molar-refractivity contribution is -0.151. The molecule has 2 atom stereocenters. The number of carboxylic acid groups (broad SMARTS) is 1. The minimum absolute atomic E-state index is 0.0254. The Morgan fingerprint density at radius 3 is 2.82 bits per heavy atom. The van der Waals surface area contributed by atoms with E-state index in [1.54, 1.807) is 18.0 Å². The minimum Gasteiger partial charge on any atom is -0.481 e. The molecular formula is C16H21N3O3. The van der Waals surface area contributed by atoms with Crippen LogP contribution in [0.5, 0.6) is 0 Å². The summed E-state index contributed by atoms with van der Waals surface area (Å²) in [7, 11) is 0. The van der Waals surface area contributed by atoms with Crippen molar-refractivity contribution in [3.05, 3.63) is 24.4 Å². The van der Waals surface area contributed by atoms with Gasteiger partial charge in [0.25, 0.3) is 0 Å². The predicted molar refractivity (Wildman–Crippen MR) is 81.5 cm³/mol. The topological polar surface area (TPSA) is 73.7 Å². The van der Waals surface area contributed by atoms with E-state index in [0.717, 1.165) is 12.2 Å². The van der Waals surface area contributed by atoms with Gasteiger partial charge in [-0.25, -0.2) is 4.98 Å². The minimum atomic E-state index is -0.776. The van der Waals surface area contributed by atoms with Crippen molar-refractivity contribution in [2.45, 2.75) is 19.8 Å². The molecule has 0 spiro atoms. The molecule has 2 aliphatic rings. The average molecular weight is 303 g/mol. The maximum atomic E-state index is 12.0. The SMILES string of the molecule is CC(=O)N1CCC[C@]2(C(=O)O)CN(c3ccccn3)C[C@@H]2C1. The molecule has 2 fully saturated rings. The summed E-state index contributed by atoms with van der Waals surface area (Å²) in [6.45, 7) is 3.83. The molecule has 3 rings (SSSR count). The Kier molecular flexibility index (Phi) is 3.76. The fourth-order valence-corrected chi connectivity index (χ4v) is 3.78. The standard InChI is InChI=1S/C16H21N3O3/c1-12(20)18-8-4-6-16(15(21)22)11-19(10-13(16)9-18)14-5-2-3-7-17-14/h2-3,5,7,13H,4,6,8-11H2,1H3,(H,21,22)/t13-,16-/m0/s1. The van der Waals surface area contributed by atoms with Crippen LogP contribution in [0, 0.1) is 11.3 Å². The molecule has 0 aromatic carbocycles. The van der Waals surface area contributed by atoms with Crippen LogP contribution in [0.2, 0.25) is 0 Å². The van der Waals surface area contributed by atoms with E-state index in [0.29, 0.717) is 32.6 Å². The number of fused-ring (bicyclic) bond motifs is 1. The first-order valence-corrected chi connectivity index (χ1v) is 7.68. The summed E-state index contributed by atoms with van der Waals surface area (Å²) >= 11 is 0. The number of carbonyl (C=O) groups is 2. The highest BCUT2D eigenvalue weighted by molar-refractivity contribution is 5.78. The number of amides is 1. The number of aromatic nitrogens is 1. The third-order valence-corrected chi connectivity index (χ3v) is 5.03. The third kappa shape index (κ3) is 2.42. The van der Waals surface area contributed by atoms with Gasteiger partial charge >= 0.3 is 5.97 Å². The number of carbonyl (C=O) groups excluding carboxylic acids is 1. The molecule has 0 saturated carbocycles. The van der Waals surface area contributed by atoms with Crippen molar-refractivity contribution < 1.29 is 14.7 Å². The van der Waals surface area contributed by atoms with Crippen LogP contribution in [0.4, 0.5) is 5.82 Å². The van der Waals surface area contributed by atoms with E-state index in [9.17, 15) is 14.7 Å². The number of aliphatic carboxylic acids is 1. The molecule has 0 radical (unpaired) electrons. The number of hydrogen-bond acceptors (Lipinski definition) is 4. The summed E-state index contributed by atoms with van der Waals surface area (Å²) in [5.41, 5.74) is -0.776. The summed E-state index contributed by atoms with van der Waals surface area (Å²) in [4.78, 5) is 31.9. The molecular weight excluding hydrogens is 282 g/mol. The van der Waals surface area contributed by atoms with E-state index in [4.69, 9.17) is 0 Å². The second-order valence-corrected chi connectivity index (χ2v) is 6.30. The van der Waals surface area contributed by atoms with Crippen LogP contribution in [0.1, 0.15) is 19.8 Å². The Labute approximate surface area is 129 Å². The van der Waals surface area contributed by atoms with Crippen molar-refractivity contribution in [1.29, 1.82) is 0 Å². The zero-order chi connectivity index (χ0) is 15.7. The molecule has 6 heteroatoms. The molecule has 2 aliphatic heterocycles. The highest BCUT2D eigenvalue weighted by atomic mass is 16.4. The monoisotopic (exact) mass is 303 g/mol. The fraction of sp³-hybridized carbons (Fsp3) is 0.562. The van der Waals surface area contributed by atoms with Gasteiger partial charge in [0.2, 0.25) is 5.91 Å². The van der Waals surface area contributed by atoms with Gasteiger partial charge in [-0.2, -0.15) is 0 Å². The number of likely N-dealkylation sites (tertiary alicyclic amines) is 1. The van der Waals surface area contributed by atoms with E-state index in [2.05, 4.69) is 4.98 Å². The second-order valence-electron chi connectivity index (χ2n) is 6.30. The smallest absolute Gasteiger partial charge is 0.311 e. The number of rotatable bonds is 2. The lowest BCUT2D eigenvalue weighted by atomic mass is 9.75. The zero-order valence-corrected chi connectivity index (χ0v) is 12.7. The van der Waals surface area contributed by atoms with Crippen molar-refractivity contribution in [3.8, 4) is 0 Å². The summed E-state index contributed by atoms with van der Waals surface area (Å²) < 4.78 is 0. The van der Waals surface area contributed by atoms with Gasteiger partial charge < -0.3 is 14.9 Å². The molecule has 1 aromatic rings. The van der Waals surface area contributed by atoms with Crippen LogP contribution in [0.15, 0.2) is 24.4 Å². The highest BCUT2D eigenvalue weighted by Crippen LogP contribution is 2.44. The largest absolute Gasteiger partial charge is 0.481 e. The first kappa shape index (κ1) is 14.8. The second kappa shape index (κ2) is 5.59. The maximum absolute atomic E-state index is 12.0. The summed E-state index contributed by atoms with van der Waals surface area (Å²) in [6.07, 6.45) is 3.07. The van der Waals surface area contributed by atoms with Gasteiger partial charge in [-0.3, -0.25) is 9.59 Å². The summed E-state index contributed by atoms with van der Waals surface area (Å²) in [5.74, 6) is 0.0304. The van der Waals surface area contributed by atoms with Gasteiger partial charge in [-0.1, -0.05) is 6.07 Å². The van der Waals surface area contributed by atoms with Crippen molar-refractivity contribution >= 4 is 17.7 Å². The highest BCUT2D eigenvalue weighted by Gasteiger charge is 2.53. The van der Waals surface area contributed by atoms with E-state index in [1.165, 1.54) is 0 Å². The van der Waals surface area contributed by atoms with Crippen molar-refractivity contribution in [3.63, 3.8) is 0 Å². The molecule has 1 amide bonds. The van der Waals surface area contributed by atoms with Crippen molar-refractivity contribution in [1.82, 2.24) is 9.88 Å². The average Bonchev–Trinajstić information content (AvgIpc) is 2.77. The molecule has 22 heavy (non-hydrogen) atoms. The molecule has 0 aliphatic carbocycles. The van der Waals surface area contributed by atoms with Gasteiger partial charge in [0.05, 0.1) is 5.41 Å². The molecule has 0 unspecified atom stereocenters. The molecule has 118 valence electrons. The van der Waals surface area contributed by atoms with Gasteiger partial charge in [0, 0.05) is 45.2 Å². The molecule has 1 aromatic heterocycles. The molecule has 1 N–H and O–H groups in total. The van der Waals surface area contributed by atoms with Crippen LogP contribution in [0.25, 0.3) is 0 Å². The quantitative estimate of drug-likeness (QED) is 0.889. The van der Waals surface area contributed by atoms with Gasteiger partial charge in [-0.15, -0.1) is 0 Å². The summed E-state index contributed by atoms with van der Waals surface area (Å²) in [6, 6.07) is 5.66. The molecule has 6 nitrogen and oxygen atoms in total. The molecule has 0 bridgehead atoms. The van der Waals surface area contributed by atoms with E-state index < -0.39 is 11.4 Å². The molecule has 2 saturated heterocycles. The van der Waals surface area contributed by atoms with E-state index >= 15 is 0 Å². The lowest BCUT2D eigenvalue weighted by Crippen LogP contribution is -2.42. The van der Waals surface area contributed by atoms with Gasteiger partial charge in [0.1, 0.15) is 5.82 Å². The third-order valence-electron chi connectivity index (χ3n) is 5.03. The van der Waals surface area contributed by atoms with Gasteiger partial charge in [-0.05, 0) is 25.0 Å². The Morgan fingerprint density at radius 2 is 2.18 bits per heavy atom. The van der Waals surface area contributed by atoms with Crippen LogP contribution in [-0.2, 0) is 9.59 Å². The number of carboxylic acids is 1. The summed E-state index contributed by atoms with van der Waals surface area (Å²) in [5, 5.41) is 9.86. The number of nitrogens with zero attached hydrogens (tertiary/aromatic N) is 3. The zero-order valence-electron chi connectivity index (χ0n) is 12.7. The Morgan fingerprint density at radius 1 is 1.36 bits per heavy atom. The predicted octanol–water partition coefficient (Wildman–Crippen LogP) is 1.23. The number of hydrogen-bond donors (Lipinski definition) is 1. The first-order chi connectivity index (χ1) is 10.5. The number of anilines is 1. The Bertz CT molecular complexity index is 577. The van der Waals surface area contributed by atoms with E-state index in [-0.39, 0.29) is 11.8 Å². The van der Waals surface area contributed by atoms with Crippen LogP contribution in [0.3, 0.4) is 0 Å². The van der Waals surface area contributed by atoms with Gasteiger partial charge in [0.15, 0.2) is 0 Å². The van der Waals surface area contributed by atoms with Crippen LogP contribution < -0.4 is 4.90 Å². The maximum Gasteiger partial charge on any atom is 0.311 e. The lowest BCUT2D eigenvalue weighted by Gasteiger charge is -2.29. The van der Waals surface area contributed by atoms with Crippen molar-refractivity contribution in [2.24, 2.45) is 11.3 Å². The normalized spacial score (nSPS) is 28.1. The Balaban J connectivity index is 1.90.